The summed E-state index contributed by atoms with van der Waals surface area (Å²) in [5.74, 6) is 1.79. The van der Waals surface area contributed by atoms with Crippen LogP contribution in [-0.2, 0) is 14.3 Å². The summed E-state index contributed by atoms with van der Waals surface area (Å²) in [6.07, 6.45) is 19.7. The molecule has 4 heteroatoms. The van der Waals surface area contributed by atoms with Gasteiger partial charge in [-0.15, -0.1) is 0 Å². The molecule has 4 aliphatic carbocycles. The lowest BCUT2D eigenvalue weighted by molar-refractivity contribution is -0.154. The zero-order valence-electron chi connectivity index (χ0n) is 19.0. The first kappa shape index (κ1) is 22.2. The zero-order valence-corrected chi connectivity index (χ0v) is 19.0. The third kappa shape index (κ3) is 5.23. The smallest absolute Gasteiger partial charge is 0.334 e. The molecule has 1 atom stereocenters. The van der Waals surface area contributed by atoms with Gasteiger partial charge in [0.25, 0.3) is 0 Å². The van der Waals surface area contributed by atoms with Crippen LogP contribution in [0.1, 0.15) is 103 Å². The molecule has 0 aromatic heterocycles. The SMILES string of the molecule is CCC1(CCCCCCCOC=C(CC23CC4CC(CC(C4)C2)C3)C(=O)O)CCO1. The molecule has 0 spiro atoms. The van der Waals surface area contributed by atoms with Gasteiger partial charge in [-0.05, 0) is 93.8 Å². The minimum Gasteiger partial charge on any atom is -0.501 e. The fourth-order valence-corrected chi connectivity index (χ4v) is 7.44. The molecule has 1 N–H and O–H groups in total. The van der Waals surface area contributed by atoms with E-state index in [1.54, 1.807) is 6.26 Å². The summed E-state index contributed by atoms with van der Waals surface area (Å²) in [6.45, 7) is 3.82. The van der Waals surface area contributed by atoms with Crippen molar-refractivity contribution < 1.29 is 19.4 Å². The Morgan fingerprint density at radius 2 is 1.63 bits per heavy atom. The van der Waals surface area contributed by atoms with E-state index in [-0.39, 0.29) is 11.0 Å². The highest BCUT2D eigenvalue weighted by Gasteiger charge is 2.51. The van der Waals surface area contributed by atoms with E-state index in [0.717, 1.165) is 43.6 Å². The molecule has 0 aromatic rings. The second-order valence-electron chi connectivity index (χ2n) is 11.1. The molecule has 30 heavy (non-hydrogen) atoms. The molecular formula is C26H42O4. The first-order chi connectivity index (χ1) is 14.5. The molecule has 5 aliphatic rings. The molecule has 0 amide bonds. The van der Waals surface area contributed by atoms with E-state index in [1.807, 2.05) is 0 Å². The van der Waals surface area contributed by atoms with Crippen molar-refractivity contribution in [2.75, 3.05) is 13.2 Å². The second kappa shape index (κ2) is 9.63. The number of rotatable bonds is 13. The Bertz CT molecular complexity index is 578. The van der Waals surface area contributed by atoms with Crippen LogP contribution in [0.15, 0.2) is 11.8 Å². The van der Waals surface area contributed by atoms with Crippen molar-refractivity contribution in [3.05, 3.63) is 11.8 Å². The average Bonchev–Trinajstić information content (AvgIpc) is 2.66. The van der Waals surface area contributed by atoms with Crippen molar-refractivity contribution in [3.63, 3.8) is 0 Å². The van der Waals surface area contributed by atoms with Crippen LogP contribution in [0.3, 0.4) is 0 Å². The van der Waals surface area contributed by atoms with E-state index >= 15 is 0 Å². The van der Waals surface area contributed by atoms with Gasteiger partial charge >= 0.3 is 5.97 Å². The van der Waals surface area contributed by atoms with Crippen molar-refractivity contribution in [1.82, 2.24) is 0 Å². The van der Waals surface area contributed by atoms with Crippen molar-refractivity contribution in [2.24, 2.45) is 23.2 Å². The van der Waals surface area contributed by atoms with Crippen LogP contribution in [0.2, 0.25) is 0 Å². The third-order valence-corrected chi connectivity index (χ3v) is 8.74. The highest BCUT2D eigenvalue weighted by Crippen LogP contribution is 2.62. The highest BCUT2D eigenvalue weighted by atomic mass is 16.5. The van der Waals surface area contributed by atoms with Crippen molar-refractivity contribution in [2.45, 2.75) is 109 Å². The highest BCUT2D eigenvalue weighted by molar-refractivity contribution is 5.86. The fourth-order valence-electron chi connectivity index (χ4n) is 7.44. The van der Waals surface area contributed by atoms with Gasteiger partial charge in [-0.3, -0.25) is 0 Å². The number of aliphatic carboxylic acids is 1. The number of unbranched alkanes of at least 4 members (excludes halogenated alkanes) is 4. The Hall–Kier alpha value is -1.03. The van der Waals surface area contributed by atoms with Crippen LogP contribution < -0.4 is 0 Å². The van der Waals surface area contributed by atoms with Crippen LogP contribution in [0.25, 0.3) is 0 Å². The van der Waals surface area contributed by atoms with Gasteiger partial charge in [0.2, 0.25) is 0 Å². The summed E-state index contributed by atoms with van der Waals surface area (Å²) in [6, 6.07) is 0. The lowest BCUT2D eigenvalue weighted by atomic mass is 9.48. The van der Waals surface area contributed by atoms with Gasteiger partial charge in [0.05, 0.1) is 30.6 Å². The molecule has 4 bridgehead atoms. The first-order valence-corrected chi connectivity index (χ1v) is 12.7. The van der Waals surface area contributed by atoms with Crippen LogP contribution >= 0.6 is 0 Å². The van der Waals surface area contributed by atoms with E-state index in [2.05, 4.69) is 6.92 Å². The predicted molar refractivity (Wildman–Crippen MR) is 118 cm³/mol. The second-order valence-corrected chi connectivity index (χ2v) is 11.1. The van der Waals surface area contributed by atoms with Crippen molar-refractivity contribution >= 4 is 5.97 Å². The molecule has 5 fully saturated rings. The molecule has 170 valence electrons. The number of carboxylic acid groups (broad SMARTS) is 1. The molecule has 1 heterocycles. The largest absolute Gasteiger partial charge is 0.501 e. The Kier molecular flexibility index (Phi) is 7.12. The minimum absolute atomic E-state index is 0.206. The predicted octanol–water partition coefficient (Wildman–Crippen LogP) is 6.49. The van der Waals surface area contributed by atoms with Gasteiger partial charge < -0.3 is 14.6 Å². The topological polar surface area (TPSA) is 55.8 Å². The van der Waals surface area contributed by atoms with E-state index in [9.17, 15) is 9.90 Å². The van der Waals surface area contributed by atoms with E-state index < -0.39 is 5.97 Å². The first-order valence-electron chi connectivity index (χ1n) is 12.7. The molecule has 5 rings (SSSR count). The van der Waals surface area contributed by atoms with Crippen LogP contribution in [0.4, 0.5) is 0 Å². The van der Waals surface area contributed by atoms with Gasteiger partial charge in [0.1, 0.15) is 0 Å². The maximum absolute atomic E-state index is 11.8. The lowest BCUT2D eigenvalue weighted by Crippen LogP contribution is -2.46. The average molecular weight is 419 g/mol. The van der Waals surface area contributed by atoms with E-state index in [4.69, 9.17) is 9.47 Å². The number of carboxylic acids is 1. The van der Waals surface area contributed by atoms with Gasteiger partial charge in [-0.2, -0.15) is 0 Å². The molecule has 1 unspecified atom stereocenters. The normalized spacial score (nSPS) is 37.2. The summed E-state index contributed by atoms with van der Waals surface area (Å²) in [5.41, 5.74) is 0.961. The molecule has 1 aliphatic heterocycles. The monoisotopic (exact) mass is 418 g/mol. The Morgan fingerprint density at radius 3 is 2.17 bits per heavy atom. The molecule has 0 radical (unpaired) electrons. The molecule has 0 aromatic carbocycles. The Morgan fingerprint density at radius 1 is 1.03 bits per heavy atom. The van der Waals surface area contributed by atoms with Crippen LogP contribution in [0.5, 0.6) is 0 Å². The van der Waals surface area contributed by atoms with Gasteiger partial charge in [0.15, 0.2) is 0 Å². The Labute approximate surface area is 182 Å². The summed E-state index contributed by atoms with van der Waals surface area (Å²) in [7, 11) is 0. The van der Waals surface area contributed by atoms with Crippen LogP contribution in [-0.4, -0.2) is 29.9 Å². The maximum Gasteiger partial charge on any atom is 0.334 e. The van der Waals surface area contributed by atoms with E-state index in [1.165, 1.54) is 70.6 Å². The fraction of sp³-hybridized carbons (Fsp3) is 0.885. The Balaban J connectivity index is 1.13. The van der Waals surface area contributed by atoms with Crippen molar-refractivity contribution in [3.8, 4) is 0 Å². The minimum atomic E-state index is -0.784. The third-order valence-electron chi connectivity index (χ3n) is 8.74. The van der Waals surface area contributed by atoms with E-state index in [0.29, 0.717) is 18.6 Å². The number of carbonyl (C=O) groups is 1. The molecule has 4 saturated carbocycles. The summed E-state index contributed by atoms with van der Waals surface area (Å²) < 4.78 is 11.5. The quantitative estimate of drug-likeness (QED) is 0.211. The molecule has 4 nitrogen and oxygen atoms in total. The van der Waals surface area contributed by atoms with Gasteiger partial charge in [0, 0.05) is 0 Å². The number of ether oxygens (including phenoxy) is 2. The van der Waals surface area contributed by atoms with Crippen molar-refractivity contribution in [1.29, 1.82) is 0 Å². The maximum atomic E-state index is 11.8. The summed E-state index contributed by atoms with van der Waals surface area (Å²) >= 11 is 0. The standard InChI is InChI=1S/C26H42O4/c1-2-26(9-11-30-26)8-6-4-3-5-7-10-29-19-23(24(27)28)18-25-15-20-12-21(16-25)14-22(13-20)17-25/h19-22H,2-18H2,1H3,(H,27,28). The number of hydrogen-bond acceptors (Lipinski definition) is 3. The zero-order chi connectivity index (χ0) is 21.0. The summed E-state index contributed by atoms with van der Waals surface area (Å²) in [4.78, 5) is 11.8. The molecular weight excluding hydrogens is 376 g/mol. The molecule has 1 saturated heterocycles. The summed E-state index contributed by atoms with van der Waals surface area (Å²) in [5, 5.41) is 9.73. The van der Waals surface area contributed by atoms with Gasteiger partial charge in [-0.1, -0.05) is 32.6 Å². The lowest BCUT2D eigenvalue weighted by Gasteiger charge is -2.57. The number of hydrogen-bond donors (Lipinski definition) is 1. The van der Waals surface area contributed by atoms with Crippen LogP contribution in [0, 0.1) is 23.2 Å². The van der Waals surface area contributed by atoms with Gasteiger partial charge in [-0.25, -0.2) is 4.79 Å².